The van der Waals surface area contributed by atoms with Gasteiger partial charge in [0.05, 0.1) is 27.0 Å². The smallest absolute Gasteiger partial charge is 0.412 e. The van der Waals surface area contributed by atoms with E-state index < -0.39 is 65.4 Å². The lowest BCUT2D eigenvalue weighted by Gasteiger charge is -2.24. The van der Waals surface area contributed by atoms with Gasteiger partial charge in [-0.3, -0.25) is 5.32 Å². The number of rotatable bonds is 7. The second kappa shape index (κ2) is 10.2. The quantitative estimate of drug-likeness (QED) is 0.205. The van der Waals surface area contributed by atoms with E-state index >= 15 is 8.78 Å². The van der Waals surface area contributed by atoms with E-state index in [-0.39, 0.29) is 13.2 Å². The number of ether oxygens (including phenoxy) is 3. The SMILES string of the molecule is CCOC(=O)/C(=C/c1c(F)c([Si](C)(C)C)c(F)c(F)c1NC(=O)OC(C)(C)C)OCC. The molecule has 0 saturated carbocycles. The number of esters is 1. The largest absolute Gasteiger partial charge is 0.487 e. The molecule has 0 heterocycles. The molecule has 0 unspecified atom stereocenters. The minimum absolute atomic E-state index is 0.0205. The molecule has 174 valence electrons. The molecule has 0 fully saturated rings. The molecule has 0 aliphatic carbocycles. The summed E-state index contributed by atoms with van der Waals surface area (Å²) in [6.07, 6.45) is -0.218. The second-order valence-corrected chi connectivity index (χ2v) is 13.6. The third kappa shape index (κ3) is 7.02. The molecule has 1 aromatic rings. The first-order chi connectivity index (χ1) is 14.1. The zero-order valence-corrected chi connectivity index (χ0v) is 20.2. The maximum atomic E-state index is 15.5. The number of hydrogen-bond donors (Lipinski definition) is 1. The van der Waals surface area contributed by atoms with Crippen LogP contribution in [0, 0.1) is 17.5 Å². The summed E-state index contributed by atoms with van der Waals surface area (Å²) in [6, 6.07) is 0. The van der Waals surface area contributed by atoms with E-state index in [0.717, 1.165) is 6.08 Å². The number of hydrogen-bond acceptors (Lipinski definition) is 5. The van der Waals surface area contributed by atoms with Gasteiger partial charge in [-0.2, -0.15) is 0 Å². The molecular weight excluding hydrogens is 431 g/mol. The van der Waals surface area contributed by atoms with E-state index in [0.29, 0.717) is 0 Å². The molecule has 6 nitrogen and oxygen atoms in total. The highest BCUT2D eigenvalue weighted by molar-refractivity contribution is 6.88. The first kappa shape index (κ1) is 26.5. The number of amides is 1. The summed E-state index contributed by atoms with van der Waals surface area (Å²) in [5.74, 6) is -5.27. The molecule has 1 rings (SSSR count). The van der Waals surface area contributed by atoms with Gasteiger partial charge >= 0.3 is 12.1 Å². The van der Waals surface area contributed by atoms with Crippen molar-refractivity contribution in [1.29, 1.82) is 0 Å². The van der Waals surface area contributed by atoms with Crippen LogP contribution in [0.2, 0.25) is 19.6 Å². The lowest BCUT2D eigenvalue weighted by molar-refractivity contribution is -0.142. The molecule has 0 atom stereocenters. The van der Waals surface area contributed by atoms with Crippen LogP contribution in [0.1, 0.15) is 40.2 Å². The molecule has 0 aromatic heterocycles. The Morgan fingerprint density at radius 3 is 1.97 bits per heavy atom. The molecular formula is C21H30F3NO5Si. The van der Waals surface area contributed by atoms with Crippen molar-refractivity contribution in [3.63, 3.8) is 0 Å². The van der Waals surface area contributed by atoms with Crippen molar-refractivity contribution in [2.45, 2.75) is 59.9 Å². The van der Waals surface area contributed by atoms with Crippen LogP contribution in [-0.2, 0) is 19.0 Å². The van der Waals surface area contributed by atoms with Gasteiger partial charge in [0.2, 0.25) is 5.76 Å². The standard InChI is InChI=1S/C21H30F3NO5Si/c1-9-28-13(19(26)29-10-2)11-12-14(22)18(31(6,7)8)16(24)15(23)17(12)25-20(27)30-21(3,4)5/h11H,9-10H2,1-8H3,(H,25,27)/b13-11-. The zero-order valence-electron chi connectivity index (χ0n) is 19.2. The highest BCUT2D eigenvalue weighted by Gasteiger charge is 2.33. The van der Waals surface area contributed by atoms with E-state index in [2.05, 4.69) is 5.32 Å². The van der Waals surface area contributed by atoms with E-state index in [1.807, 2.05) is 0 Å². The van der Waals surface area contributed by atoms with Gasteiger partial charge in [0.1, 0.15) is 11.4 Å². The van der Waals surface area contributed by atoms with Gasteiger partial charge in [-0.1, -0.05) is 19.6 Å². The van der Waals surface area contributed by atoms with E-state index in [9.17, 15) is 14.0 Å². The van der Waals surface area contributed by atoms with Crippen LogP contribution in [0.4, 0.5) is 23.7 Å². The van der Waals surface area contributed by atoms with Crippen LogP contribution in [0.5, 0.6) is 0 Å². The molecule has 10 heteroatoms. The van der Waals surface area contributed by atoms with Gasteiger partial charge in [0, 0.05) is 16.8 Å². The molecule has 1 N–H and O–H groups in total. The van der Waals surface area contributed by atoms with Crippen LogP contribution in [0.25, 0.3) is 6.08 Å². The summed E-state index contributed by atoms with van der Waals surface area (Å²) in [4.78, 5) is 24.4. The van der Waals surface area contributed by atoms with Crippen molar-refractivity contribution in [2.75, 3.05) is 18.5 Å². The average molecular weight is 462 g/mol. The summed E-state index contributed by atoms with van der Waals surface area (Å²) in [6.45, 7) is 12.8. The summed E-state index contributed by atoms with van der Waals surface area (Å²) in [5.41, 5.74) is -2.28. The topological polar surface area (TPSA) is 73.9 Å². The Bertz CT molecular complexity index is 873. The summed E-state index contributed by atoms with van der Waals surface area (Å²) in [5, 5.41) is 1.65. The summed E-state index contributed by atoms with van der Waals surface area (Å²) >= 11 is 0. The Kier molecular flexibility index (Phi) is 8.74. The molecule has 0 bridgehead atoms. The van der Waals surface area contributed by atoms with Crippen LogP contribution in [0.15, 0.2) is 5.76 Å². The maximum Gasteiger partial charge on any atom is 0.412 e. The van der Waals surface area contributed by atoms with Crippen molar-refractivity contribution in [3.8, 4) is 0 Å². The Hall–Kier alpha value is -2.49. The van der Waals surface area contributed by atoms with Gasteiger partial charge in [0.15, 0.2) is 11.6 Å². The van der Waals surface area contributed by atoms with Gasteiger partial charge < -0.3 is 14.2 Å². The monoisotopic (exact) mass is 461 g/mol. The normalized spacial score (nSPS) is 12.4. The first-order valence-corrected chi connectivity index (χ1v) is 13.4. The lowest BCUT2D eigenvalue weighted by Crippen LogP contribution is -2.44. The number of anilines is 1. The number of carbonyl (C=O) groups excluding carboxylic acids is 2. The molecule has 0 spiro atoms. The highest BCUT2D eigenvalue weighted by Crippen LogP contribution is 2.30. The Balaban J connectivity index is 3.81. The number of benzene rings is 1. The fraction of sp³-hybridized carbons (Fsp3) is 0.524. The molecule has 0 aliphatic rings. The van der Waals surface area contributed by atoms with Crippen LogP contribution >= 0.6 is 0 Å². The van der Waals surface area contributed by atoms with Crippen LogP contribution in [-0.4, -0.2) is 39.0 Å². The number of halogens is 3. The van der Waals surface area contributed by atoms with Crippen molar-refractivity contribution in [1.82, 2.24) is 0 Å². The van der Waals surface area contributed by atoms with E-state index in [1.54, 1.807) is 54.3 Å². The highest BCUT2D eigenvalue weighted by atomic mass is 28.3. The molecule has 0 saturated heterocycles. The van der Waals surface area contributed by atoms with Gasteiger partial charge in [0.25, 0.3) is 0 Å². The molecule has 0 aliphatic heterocycles. The van der Waals surface area contributed by atoms with E-state index in [4.69, 9.17) is 14.2 Å². The molecule has 31 heavy (non-hydrogen) atoms. The first-order valence-electron chi connectivity index (χ1n) is 9.86. The molecule has 0 radical (unpaired) electrons. The maximum absolute atomic E-state index is 15.5. The van der Waals surface area contributed by atoms with Crippen molar-refractivity contribution in [3.05, 3.63) is 28.8 Å². The fourth-order valence-corrected chi connectivity index (χ4v) is 4.21. The number of nitrogens with one attached hydrogen (secondary N) is 1. The van der Waals surface area contributed by atoms with Crippen molar-refractivity contribution >= 4 is 37.1 Å². The molecule has 1 aromatic carbocycles. The average Bonchev–Trinajstić information content (AvgIpc) is 2.59. The van der Waals surface area contributed by atoms with Gasteiger partial charge in [-0.15, -0.1) is 0 Å². The predicted octanol–water partition coefficient (Wildman–Crippen LogP) is 4.94. The predicted molar refractivity (Wildman–Crippen MR) is 115 cm³/mol. The van der Waals surface area contributed by atoms with Crippen LogP contribution in [0.3, 0.4) is 0 Å². The third-order valence-corrected chi connectivity index (χ3v) is 5.72. The van der Waals surface area contributed by atoms with Crippen molar-refractivity contribution in [2.24, 2.45) is 0 Å². The van der Waals surface area contributed by atoms with Crippen LogP contribution < -0.4 is 10.5 Å². The Morgan fingerprint density at radius 1 is 0.968 bits per heavy atom. The van der Waals surface area contributed by atoms with Gasteiger partial charge in [-0.05, 0) is 34.6 Å². The number of carbonyl (C=O) groups is 2. The fourth-order valence-electron chi connectivity index (χ4n) is 2.65. The summed E-state index contributed by atoms with van der Waals surface area (Å²) < 4.78 is 60.5. The third-order valence-electron chi connectivity index (χ3n) is 3.78. The minimum atomic E-state index is -2.72. The minimum Gasteiger partial charge on any atom is -0.487 e. The summed E-state index contributed by atoms with van der Waals surface area (Å²) in [7, 11) is -2.72. The lowest BCUT2D eigenvalue weighted by atomic mass is 10.1. The molecule has 1 amide bonds. The van der Waals surface area contributed by atoms with Crippen molar-refractivity contribution < 1.29 is 37.0 Å². The van der Waals surface area contributed by atoms with Gasteiger partial charge in [-0.25, -0.2) is 22.8 Å². The zero-order chi connectivity index (χ0) is 24.1. The Labute approximate surface area is 181 Å². The second-order valence-electron chi connectivity index (χ2n) is 8.64. The Morgan fingerprint density at radius 2 is 1.52 bits per heavy atom. The van der Waals surface area contributed by atoms with E-state index in [1.165, 1.54) is 0 Å².